The van der Waals surface area contributed by atoms with Gasteiger partial charge in [0.05, 0.1) is 24.6 Å². The van der Waals surface area contributed by atoms with Crippen LogP contribution in [-0.4, -0.2) is 44.7 Å². The molecule has 6 heteroatoms. The van der Waals surface area contributed by atoms with Crippen molar-refractivity contribution in [1.82, 2.24) is 0 Å². The molecule has 0 saturated carbocycles. The van der Waals surface area contributed by atoms with Crippen LogP contribution in [0.2, 0.25) is 0 Å². The van der Waals surface area contributed by atoms with Gasteiger partial charge in [0.1, 0.15) is 0 Å². The first-order valence-electron chi connectivity index (χ1n) is 9.36. The molecule has 2 amide bonds. The second-order valence-electron chi connectivity index (χ2n) is 6.77. The zero-order valence-corrected chi connectivity index (χ0v) is 15.2. The minimum Gasteiger partial charge on any atom is -0.378 e. The van der Waals surface area contributed by atoms with E-state index in [1.807, 2.05) is 36.4 Å². The second kappa shape index (κ2) is 7.80. The predicted molar refractivity (Wildman–Crippen MR) is 105 cm³/mol. The van der Waals surface area contributed by atoms with Gasteiger partial charge in [-0.1, -0.05) is 18.2 Å². The van der Waals surface area contributed by atoms with Gasteiger partial charge in [0.2, 0.25) is 5.91 Å². The van der Waals surface area contributed by atoms with E-state index < -0.39 is 0 Å². The third kappa shape index (κ3) is 3.80. The van der Waals surface area contributed by atoms with Crippen LogP contribution in [0.4, 0.5) is 17.1 Å². The first kappa shape index (κ1) is 17.5. The summed E-state index contributed by atoms with van der Waals surface area (Å²) in [7, 11) is 0. The summed E-state index contributed by atoms with van der Waals surface area (Å²) in [6.45, 7) is 3.70. The third-order valence-electron chi connectivity index (χ3n) is 5.00. The van der Waals surface area contributed by atoms with Gasteiger partial charge in [-0.05, 0) is 36.8 Å². The molecule has 0 unspecified atom stereocenters. The van der Waals surface area contributed by atoms with Gasteiger partial charge in [0.15, 0.2) is 0 Å². The van der Waals surface area contributed by atoms with Crippen LogP contribution in [0.1, 0.15) is 23.2 Å². The average Bonchev–Trinajstić information content (AvgIpc) is 3.15. The van der Waals surface area contributed by atoms with Crippen LogP contribution < -0.4 is 15.1 Å². The molecule has 2 fully saturated rings. The molecule has 0 bridgehead atoms. The molecule has 6 nitrogen and oxygen atoms in total. The maximum absolute atomic E-state index is 12.8. The van der Waals surface area contributed by atoms with Crippen LogP contribution >= 0.6 is 0 Å². The molecular formula is C21H23N3O3. The fourth-order valence-corrected chi connectivity index (χ4v) is 3.59. The molecule has 4 rings (SSSR count). The van der Waals surface area contributed by atoms with Crippen molar-refractivity contribution in [3.63, 3.8) is 0 Å². The number of morpholine rings is 1. The van der Waals surface area contributed by atoms with Gasteiger partial charge in [0, 0.05) is 37.3 Å². The lowest BCUT2D eigenvalue weighted by atomic mass is 10.1. The summed E-state index contributed by atoms with van der Waals surface area (Å²) in [5, 5.41) is 3.03. The van der Waals surface area contributed by atoms with E-state index >= 15 is 0 Å². The highest BCUT2D eigenvalue weighted by Crippen LogP contribution is 2.28. The smallest absolute Gasteiger partial charge is 0.255 e. The highest BCUT2D eigenvalue weighted by atomic mass is 16.5. The highest BCUT2D eigenvalue weighted by molar-refractivity contribution is 6.07. The zero-order valence-electron chi connectivity index (χ0n) is 15.2. The van der Waals surface area contributed by atoms with Gasteiger partial charge in [-0.3, -0.25) is 9.59 Å². The molecule has 27 heavy (non-hydrogen) atoms. The Kier molecular flexibility index (Phi) is 5.07. The molecule has 0 radical (unpaired) electrons. The van der Waals surface area contributed by atoms with Crippen molar-refractivity contribution in [2.75, 3.05) is 48.0 Å². The number of benzene rings is 2. The molecule has 2 saturated heterocycles. The Morgan fingerprint density at radius 1 is 1.00 bits per heavy atom. The number of hydrogen-bond acceptors (Lipinski definition) is 4. The summed E-state index contributed by atoms with van der Waals surface area (Å²) in [5.41, 5.74) is 3.11. The molecule has 2 aliphatic heterocycles. The van der Waals surface area contributed by atoms with E-state index in [0.29, 0.717) is 31.7 Å². The van der Waals surface area contributed by atoms with E-state index in [1.54, 1.807) is 17.0 Å². The Labute approximate surface area is 158 Å². The number of hydrogen-bond donors (Lipinski definition) is 1. The van der Waals surface area contributed by atoms with E-state index in [9.17, 15) is 9.59 Å². The third-order valence-corrected chi connectivity index (χ3v) is 5.00. The number of nitrogens with zero attached hydrogens (tertiary/aromatic N) is 2. The average molecular weight is 365 g/mol. The summed E-state index contributed by atoms with van der Waals surface area (Å²) in [6.07, 6.45) is 1.44. The number of nitrogens with one attached hydrogen (secondary N) is 1. The first-order chi connectivity index (χ1) is 13.2. The largest absolute Gasteiger partial charge is 0.378 e. The summed E-state index contributed by atoms with van der Waals surface area (Å²) in [5.74, 6) is -0.0607. The van der Waals surface area contributed by atoms with Gasteiger partial charge in [-0.2, -0.15) is 0 Å². The lowest BCUT2D eigenvalue weighted by Gasteiger charge is -2.30. The van der Waals surface area contributed by atoms with Crippen molar-refractivity contribution in [2.24, 2.45) is 0 Å². The standard InChI is InChI=1S/C21H23N3O3/c25-20-9-4-10-24(20)17-6-3-5-16(15-17)21(26)22-18-7-1-2-8-19(18)23-11-13-27-14-12-23/h1-3,5-8,15H,4,9-14H2,(H,22,26). The lowest BCUT2D eigenvalue weighted by molar-refractivity contribution is -0.117. The first-order valence-corrected chi connectivity index (χ1v) is 9.36. The van der Waals surface area contributed by atoms with Crippen molar-refractivity contribution in [3.8, 4) is 0 Å². The van der Waals surface area contributed by atoms with Crippen molar-refractivity contribution < 1.29 is 14.3 Å². The van der Waals surface area contributed by atoms with Crippen molar-refractivity contribution in [2.45, 2.75) is 12.8 Å². The van der Waals surface area contributed by atoms with Crippen molar-refractivity contribution in [1.29, 1.82) is 0 Å². The molecule has 0 aromatic heterocycles. The van der Waals surface area contributed by atoms with Gasteiger partial charge >= 0.3 is 0 Å². The normalized spacial score (nSPS) is 17.3. The van der Waals surface area contributed by atoms with Gasteiger partial charge in [0.25, 0.3) is 5.91 Å². The summed E-state index contributed by atoms with van der Waals surface area (Å²) >= 11 is 0. The molecule has 2 aliphatic rings. The predicted octanol–water partition coefficient (Wildman–Crippen LogP) is 2.90. The monoisotopic (exact) mass is 365 g/mol. The van der Waals surface area contributed by atoms with E-state index in [0.717, 1.165) is 36.6 Å². The van der Waals surface area contributed by atoms with Crippen LogP contribution in [0.25, 0.3) is 0 Å². The van der Waals surface area contributed by atoms with E-state index in [1.165, 1.54) is 0 Å². The maximum Gasteiger partial charge on any atom is 0.255 e. The quantitative estimate of drug-likeness (QED) is 0.905. The Balaban J connectivity index is 1.54. The fourth-order valence-electron chi connectivity index (χ4n) is 3.59. The Morgan fingerprint density at radius 2 is 1.81 bits per heavy atom. The number of carbonyl (C=O) groups is 2. The molecule has 2 aromatic rings. The second-order valence-corrected chi connectivity index (χ2v) is 6.77. The van der Waals surface area contributed by atoms with E-state index in [4.69, 9.17) is 4.74 Å². The van der Waals surface area contributed by atoms with E-state index in [2.05, 4.69) is 10.2 Å². The number of ether oxygens (including phenoxy) is 1. The molecule has 2 heterocycles. The van der Waals surface area contributed by atoms with Crippen LogP contribution in [0.15, 0.2) is 48.5 Å². The van der Waals surface area contributed by atoms with Crippen molar-refractivity contribution >= 4 is 28.9 Å². The SMILES string of the molecule is O=C(Nc1ccccc1N1CCOCC1)c1cccc(N2CCCC2=O)c1. The van der Waals surface area contributed by atoms with Gasteiger partial charge < -0.3 is 19.9 Å². The van der Waals surface area contributed by atoms with Crippen LogP contribution in [0.3, 0.4) is 0 Å². The minimum absolute atomic E-state index is 0.116. The summed E-state index contributed by atoms with van der Waals surface area (Å²) < 4.78 is 5.42. The van der Waals surface area contributed by atoms with Gasteiger partial charge in [-0.25, -0.2) is 0 Å². The molecule has 1 N–H and O–H groups in total. The molecule has 0 aliphatic carbocycles. The zero-order chi connectivity index (χ0) is 18.6. The minimum atomic E-state index is -0.177. The molecular weight excluding hydrogens is 342 g/mol. The topological polar surface area (TPSA) is 61.9 Å². The Bertz CT molecular complexity index is 846. The lowest BCUT2D eigenvalue weighted by Crippen LogP contribution is -2.36. The molecule has 0 spiro atoms. The summed E-state index contributed by atoms with van der Waals surface area (Å²) in [4.78, 5) is 28.8. The molecule has 140 valence electrons. The number of amides is 2. The summed E-state index contributed by atoms with van der Waals surface area (Å²) in [6, 6.07) is 15.1. The highest BCUT2D eigenvalue weighted by Gasteiger charge is 2.22. The van der Waals surface area contributed by atoms with Crippen LogP contribution in [0, 0.1) is 0 Å². The van der Waals surface area contributed by atoms with Gasteiger partial charge in [-0.15, -0.1) is 0 Å². The Morgan fingerprint density at radius 3 is 2.59 bits per heavy atom. The van der Waals surface area contributed by atoms with Crippen LogP contribution in [-0.2, 0) is 9.53 Å². The van der Waals surface area contributed by atoms with E-state index in [-0.39, 0.29) is 11.8 Å². The van der Waals surface area contributed by atoms with Crippen LogP contribution in [0.5, 0.6) is 0 Å². The fraction of sp³-hybridized carbons (Fsp3) is 0.333. The number of para-hydroxylation sites is 2. The molecule has 0 atom stereocenters. The number of carbonyl (C=O) groups excluding carboxylic acids is 2. The maximum atomic E-state index is 12.8. The number of anilines is 3. The number of rotatable bonds is 4. The Hall–Kier alpha value is -2.86. The molecule has 2 aromatic carbocycles. The van der Waals surface area contributed by atoms with Crippen molar-refractivity contribution in [3.05, 3.63) is 54.1 Å².